The highest BCUT2D eigenvalue weighted by Gasteiger charge is 2.23. The van der Waals surface area contributed by atoms with Gasteiger partial charge in [-0.3, -0.25) is 19.4 Å². The zero-order valence-corrected chi connectivity index (χ0v) is 18.3. The quantitative estimate of drug-likeness (QED) is 0.227. The summed E-state index contributed by atoms with van der Waals surface area (Å²) in [5.41, 5.74) is 6.40. The largest absolute Gasteiger partial charge is 0.481 e. The van der Waals surface area contributed by atoms with Gasteiger partial charge in [0.25, 0.3) is 11.5 Å². The van der Waals surface area contributed by atoms with Crippen molar-refractivity contribution < 1.29 is 24.6 Å². The minimum atomic E-state index is -1.30. The van der Waals surface area contributed by atoms with Crippen molar-refractivity contribution in [3.63, 3.8) is 0 Å². The Labute approximate surface area is 193 Å². The molecule has 1 aromatic heterocycles. The number of nitrogens with zero attached hydrogens (tertiary/aromatic N) is 1. The molecule has 0 spiro atoms. The fourth-order valence-electron chi connectivity index (χ4n) is 3.10. The summed E-state index contributed by atoms with van der Waals surface area (Å²) in [6.45, 7) is 0.960. The van der Waals surface area contributed by atoms with Crippen molar-refractivity contribution in [2.45, 2.75) is 24.9 Å². The lowest BCUT2D eigenvalue weighted by molar-refractivity contribution is -0.140. The molecule has 15 heteroatoms. The van der Waals surface area contributed by atoms with Crippen LogP contribution in [0.1, 0.15) is 23.2 Å². The van der Waals surface area contributed by atoms with Crippen LogP contribution in [0.4, 0.5) is 23.1 Å². The van der Waals surface area contributed by atoms with Crippen molar-refractivity contribution in [1.82, 2.24) is 27.6 Å². The number of carbonyl (C=O) groups is 3. The van der Waals surface area contributed by atoms with E-state index in [4.69, 9.17) is 15.9 Å². The molecule has 2 unspecified atom stereocenters. The molecular formula is C19H29N9O6. The summed E-state index contributed by atoms with van der Waals surface area (Å²) in [5, 5.41) is 29.5. The lowest BCUT2D eigenvalue weighted by Crippen LogP contribution is -2.41. The lowest BCUT2D eigenvalue weighted by atomic mass is 10.1. The van der Waals surface area contributed by atoms with Crippen LogP contribution in [0.15, 0.2) is 29.1 Å². The zero-order chi connectivity index (χ0) is 23.3. The van der Waals surface area contributed by atoms with E-state index in [1.54, 1.807) is 12.1 Å². The lowest BCUT2D eigenvalue weighted by Gasteiger charge is -2.27. The minimum absolute atomic E-state index is 0. The predicted molar refractivity (Wildman–Crippen MR) is 126 cm³/mol. The third kappa shape index (κ3) is 7.07. The first-order valence-electron chi connectivity index (χ1n) is 9.72. The Morgan fingerprint density at radius 3 is 2.47 bits per heavy atom. The second kappa shape index (κ2) is 12.0. The van der Waals surface area contributed by atoms with Crippen LogP contribution >= 0.6 is 0 Å². The molecule has 0 bridgehead atoms. The van der Waals surface area contributed by atoms with Gasteiger partial charge in [-0.15, -0.1) is 0 Å². The molecule has 0 radical (unpaired) electrons. The summed E-state index contributed by atoms with van der Waals surface area (Å²) < 4.78 is 0. The van der Waals surface area contributed by atoms with E-state index in [1.165, 1.54) is 12.1 Å². The maximum atomic E-state index is 12.3. The molecule has 0 saturated carbocycles. The number of nitrogens with one attached hydrogen (secondary N) is 5. The van der Waals surface area contributed by atoms with E-state index in [0.29, 0.717) is 30.3 Å². The molecular weight excluding hydrogens is 450 g/mol. The first-order chi connectivity index (χ1) is 15.2. The van der Waals surface area contributed by atoms with E-state index >= 15 is 0 Å². The summed E-state index contributed by atoms with van der Waals surface area (Å²) in [6.07, 6.45) is -0.587. The van der Waals surface area contributed by atoms with E-state index in [-0.39, 0.29) is 48.3 Å². The minimum Gasteiger partial charge on any atom is -0.481 e. The number of nitrogens with two attached hydrogens (primary N) is 1. The van der Waals surface area contributed by atoms with Gasteiger partial charge >= 0.3 is 11.9 Å². The Bertz CT molecular complexity index is 1070. The van der Waals surface area contributed by atoms with Gasteiger partial charge in [0, 0.05) is 30.8 Å². The van der Waals surface area contributed by atoms with Gasteiger partial charge in [-0.05, 0) is 30.7 Å². The highest BCUT2D eigenvalue weighted by molar-refractivity contribution is 5.96. The Hall–Kier alpha value is -4.37. The average Bonchev–Trinajstić information content (AvgIpc) is 2.75. The van der Waals surface area contributed by atoms with Crippen molar-refractivity contribution in [3.05, 3.63) is 40.2 Å². The average molecular weight is 479 g/mol. The van der Waals surface area contributed by atoms with Gasteiger partial charge in [-0.25, -0.2) is 4.79 Å². The van der Waals surface area contributed by atoms with Crippen molar-refractivity contribution in [1.29, 1.82) is 0 Å². The van der Waals surface area contributed by atoms with Gasteiger partial charge in [0.2, 0.25) is 5.95 Å². The molecule has 15 nitrogen and oxygen atoms in total. The zero-order valence-electron chi connectivity index (χ0n) is 18.3. The standard InChI is InChI=1S/C19H23N7O6.2H3N/c20-19-25-15-14(17(30)26-19)23-11(8-22-15)7-21-10-3-1-9(2-4-10)16(29)24-12(18(31)32)5-6-13(27)28;;/h1-4,11-12,21,23H,5-8H2,(H,24,29)(H,27,28)(H,31,32)(H4,20,22,25,26,30);2*1H3. The molecule has 0 aliphatic carbocycles. The number of amides is 1. The van der Waals surface area contributed by atoms with E-state index in [2.05, 4.69) is 31.2 Å². The summed E-state index contributed by atoms with van der Waals surface area (Å²) in [6, 6.07) is 4.93. The maximum Gasteiger partial charge on any atom is 0.326 e. The molecule has 2 atom stereocenters. The van der Waals surface area contributed by atoms with Crippen LogP contribution in [0.2, 0.25) is 0 Å². The molecule has 186 valence electrons. The molecule has 15 N–H and O–H groups in total. The molecule has 0 fully saturated rings. The van der Waals surface area contributed by atoms with Gasteiger partial charge in [-0.2, -0.15) is 4.98 Å². The Balaban J connectivity index is 0.00000289. The molecule has 0 saturated heterocycles. The van der Waals surface area contributed by atoms with Crippen LogP contribution in [0.5, 0.6) is 0 Å². The Kier molecular flexibility index (Phi) is 9.79. The number of H-pyrrole nitrogens is 1. The molecule has 1 aliphatic heterocycles. The SMILES string of the molecule is N.N.Nc1nc2c(c(=O)[nH]1)NC(CNc1ccc(C(=O)NC(CCC(=O)O)C(=O)O)cc1)CN2. The first-order valence-corrected chi connectivity index (χ1v) is 9.72. The topological polar surface area (TPSA) is 282 Å². The van der Waals surface area contributed by atoms with Crippen LogP contribution in [-0.2, 0) is 9.59 Å². The van der Waals surface area contributed by atoms with E-state index < -0.39 is 23.9 Å². The number of carbonyl (C=O) groups excluding carboxylic acids is 1. The number of carboxylic acids is 2. The first kappa shape index (κ1) is 27.7. The number of hydrogen-bond donors (Lipinski definition) is 10. The number of anilines is 4. The third-order valence-corrected chi connectivity index (χ3v) is 4.75. The molecule has 2 heterocycles. The number of aliphatic carboxylic acids is 2. The molecule has 1 amide bonds. The van der Waals surface area contributed by atoms with E-state index in [0.717, 1.165) is 0 Å². The maximum absolute atomic E-state index is 12.3. The van der Waals surface area contributed by atoms with Gasteiger partial charge in [0.15, 0.2) is 5.82 Å². The second-order valence-corrected chi connectivity index (χ2v) is 7.15. The molecule has 1 aromatic carbocycles. The number of aromatic amines is 1. The van der Waals surface area contributed by atoms with Crippen LogP contribution in [0.25, 0.3) is 0 Å². The summed E-state index contributed by atoms with van der Waals surface area (Å²) in [7, 11) is 0. The van der Waals surface area contributed by atoms with Crippen LogP contribution in [0, 0.1) is 0 Å². The number of fused-ring (bicyclic) bond motifs is 1. The third-order valence-electron chi connectivity index (χ3n) is 4.75. The van der Waals surface area contributed by atoms with Crippen molar-refractivity contribution >= 4 is 41.0 Å². The predicted octanol–water partition coefficient (Wildman–Crippen LogP) is 0.0420. The Morgan fingerprint density at radius 2 is 1.85 bits per heavy atom. The van der Waals surface area contributed by atoms with Crippen LogP contribution < -0.4 is 44.9 Å². The Morgan fingerprint density at radius 1 is 1.18 bits per heavy atom. The summed E-state index contributed by atoms with van der Waals surface area (Å²) in [5.74, 6) is -2.64. The highest BCUT2D eigenvalue weighted by Crippen LogP contribution is 2.20. The monoisotopic (exact) mass is 479 g/mol. The summed E-state index contributed by atoms with van der Waals surface area (Å²) >= 11 is 0. The van der Waals surface area contributed by atoms with Gasteiger partial charge in [0.1, 0.15) is 11.7 Å². The van der Waals surface area contributed by atoms with Crippen molar-refractivity contribution in [2.75, 3.05) is 34.8 Å². The molecule has 3 rings (SSSR count). The summed E-state index contributed by atoms with van der Waals surface area (Å²) in [4.78, 5) is 52.6. The van der Waals surface area contributed by atoms with Crippen molar-refractivity contribution in [3.8, 4) is 0 Å². The van der Waals surface area contributed by atoms with Crippen LogP contribution in [-0.4, -0.2) is 63.2 Å². The van der Waals surface area contributed by atoms with Gasteiger partial charge < -0.3 is 49.5 Å². The normalized spacial score (nSPS) is 14.5. The fraction of sp³-hybridized carbons (Fsp3) is 0.316. The molecule has 1 aliphatic rings. The second-order valence-electron chi connectivity index (χ2n) is 7.15. The fourth-order valence-corrected chi connectivity index (χ4v) is 3.10. The molecule has 34 heavy (non-hydrogen) atoms. The van der Waals surface area contributed by atoms with E-state index in [9.17, 15) is 19.2 Å². The molecule has 2 aromatic rings. The number of benzene rings is 1. The van der Waals surface area contributed by atoms with Gasteiger partial charge in [0.05, 0.1) is 6.04 Å². The van der Waals surface area contributed by atoms with Crippen LogP contribution in [0.3, 0.4) is 0 Å². The number of nitrogen functional groups attached to an aromatic ring is 1. The number of rotatable bonds is 9. The number of aromatic nitrogens is 2. The smallest absolute Gasteiger partial charge is 0.326 e. The van der Waals surface area contributed by atoms with Gasteiger partial charge in [-0.1, -0.05) is 0 Å². The van der Waals surface area contributed by atoms with Crippen molar-refractivity contribution in [2.24, 2.45) is 0 Å². The highest BCUT2D eigenvalue weighted by atomic mass is 16.4. The number of hydrogen-bond acceptors (Lipinski definition) is 11. The van der Waals surface area contributed by atoms with E-state index in [1.807, 2.05) is 0 Å². The number of carboxylic acid groups (broad SMARTS) is 2.